The van der Waals surface area contributed by atoms with Crippen LogP contribution in [0.2, 0.25) is 0 Å². The lowest BCUT2D eigenvalue weighted by atomic mass is 9.85. The normalized spacial score (nSPS) is 21.2. The van der Waals surface area contributed by atoms with Gasteiger partial charge in [0.25, 0.3) is 0 Å². The number of alkyl halides is 2. The minimum atomic E-state index is -2.10. The lowest BCUT2D eigenvalue weighted by Crippen LogP contribution is -2.12. The molecule has 1 rings (SSSR count). The van der Waals surface area contributed by atoms with Gasteiger partial charge in [0.05, 0.1) is 0 Å². The van der Waals surface area contributed by atoms with E-state index in [0.717, 1.165) is 18.8 Å². The van der Waals surface area contributed by atoms with Gasteiger partial charge in [-0.05, 0) is 18.3 Å². The summed E-state index contributed by atoms with van der Waals surface area (Å²) in [7, 11) is 0. The Labute approximate surface area is 79.7 Å². The molecule has 1 fully saturated rings. The highest BCUT2D eigenvalue weighted by molar-refractivity contribution is 4.74. The van der Waals surface area contributed by atoms with Gasteiger partial charge in [-0.15, -0.1) is 0 Å². The van der Waals surface area contributed by atoms with Crippen LogP contribution in [0.4, 0.5) is 8.78 Å². The minimum Gasteiger partial charge on any atom is -0.211 e. The van der Waals surface area contributed by atoms with Gasteiger partial charge in [-0.25, -0.2) is 8.78 Å². The van der Waals surface area contributed by atoms with Gasteiger partial charge in [0.2, 0.25) is 6.43 Å². The molecule has 1 aliphatic rings. The van der Waals surface area contributed by atoms with E-state index in [1.165, 1.54) is 25.7 Å². The van der Waals surface area contributed by atoms with E-state index in [2.05, 4.69) is 6.92 Å². The van der Waals surface area contributed by atoms with Crippen molar-refractivity contribution in [2.45, 2.75) is 58.3 Å². The van der Waals surface area contributed by atoms with Crippen molar-refractivity contribution in [1.82, 2.24) is 0 Å². The average Bonchev–Trinajstić information content (AvgIpc) is 2.58. The second-order valence-corrected chi connectivity index (χ2v) is 4.18. The maximum atomic E-state index is 12.0. The van der Waals surface area contributed by atoms with Crippen LogP contribution in [0.25, 0.3) is 0 Å². The Morgan fingerprint density at radius 3 is 2.23 bits per heavy atom. The molecule has 1 unspecified atom stereocenters. The molecule has 0 aliphatic heterocycles. The van der Waals surface area contributed by atoms with E-state index in [9.17, 15) is 8.78 Å². The van der Waals surface area contributed by atoms with Crippen LogP contribution < -0.4 is 0 Å². The third-order valence-electron chi connectivity index (χ3n) is 3.35. The summed E-state index contributed by atoms with van der Waals surface area (Å²) in [6.45, 7) is 2.13. The predicted molar refractivity (Wildman–Crippen MR) is 51.0 cm³/mol. The van der Waals surface area contributed by atoms with Crippen molar-refractivity contribution in [3.63, 3.8) is 0 Å². The van der Waals surface area contributed by atoms with Crippen LogP contribution in [0.5, 0.6) is 0 Å². The second-order valence-electron chi connectivity index (χ2n) is 4.18. The molecule has 1 aliphatic carbocycles. The molecule has 0 amide bonds. The topological polar surface area (TPSA) is 0 Å². The molecule has 13 heavy (non-hydrogen) atoms. The van der Waals surface area contributed by atoms with Crippen molar-refractivity contribution < 1.29 is 8.78 Å². The molecule has 0 bridgehead atoms. The number of hydrogen-bond acceptors (Lipinski definition) is 0. The molecule has 2 heteroatoms. The van der Waals surface area contributed by atoms with Gasteiger partial charge in [-0.1, -0.05) is 39.0 Å². The van der Waals surface area contributed by atoms with E-state index < -0.39 is 6.43 Å². The second kappa shape index (κ2) is 5.56. The zero-order chi connectivity index (χ0) is 9.68. The highest BCUT2D eigenvalue weighted by Gasteiger charge is 2.24. The maximum absolute atomic E-state index is 12.0. The first kappa shape index (κ1) is 10.9. The Hall–Kier alpha value is -0.140. The summed E-state index contributed by atoms with van der Waals surface area (Å²) in [5.74, 6) is 1.32. The quantitative estimate of drug-likeness (QED) is 0.608. The third-order valence-corrected chi connectivity index (χ3v) is 3.35. The fourth-order valence-corrected chi connectivity index (χ4v) is 2.54. The summed E-state index contributed by atoms with van der Waals surface area (Å²) in [6.07, 6.45) is 5.01. The minimum absolute atomic E-state index is 0.106. The highest BCUT2D eigenvalue weighted by Crippen LogP contribution is 2.35. The molecule has 0 aromatic rings. The van der Waals surface area contributed by atoms with E-state index in [4.69, 9.17) is 0 Å². The van der Waals surface area contributed by atoms with Gasteiger partial charge < -0.3 is 0 Å². The van der Waals surface area contributed by atoms with Crippen molar-refractivity contribution >= 4 is 0 Å². The fourth-order valence-electron chi connectivity index (χ4n) is 2.54. The monoisotopic (exact) mass is 190 g/mol. The molecular weight excluding hydrogens is 170 g/mol. The number of rotatable bonds is 5. The standard InChI is InChI=1S/C11H20F2/c1-2-9(7-8-11(12)13)10-5-3-4-6-10/h9-11H,2-8H2,1H3. The smallest absolute Gasteiger partial charge is 0.211 e. The SMILES string of the molecule is CCC(CCC(F)F)C1CCCC1. The van der Waals surface area contributed by atoms with Crippen LogP contribution in [0, 0.1) is 11.8 Å². The lowest BCUT2D eigenvalue weighted by molar-refractivity contribution is 0.120. The first-order valence-electron chi connectivity index (χ1n) is 5.52. The Morgan fingerprint density at radius 2 is 1.77 bits per heavy atom. The highest BCUT2D eigenvalue weighted by atomic mass is 19.3. The average molecular weight is 190 g/mol. The van der Waals surface area contributed by atoms with E-state index >= 15 is 0 Å². The summed E-state index contributed by atoms with van der Waals surface area (Å²) in [4.78, 5) is 0. The molecule has 78 valence electrons. The van der Waals surface area contributed by atoms with Gasteiger partial charge in [0.1, 0.15) is 0 Å². The van der Waals surface area contributed by atoms with Crippen LogP contribution in [0.3, 0.4) is 0 Å². The first-order valence-corrected chi connectivity index (χ1v) is 5.52. The molecule has 1 saturated carbocycles. The molecule has 0 radical (unpaired) electrons. The molecule has 0 heterocycles. The molecule has 0 spiro atoms. The van der Waals surface area contributed by atoms with Gasteiger partial charge in [0, 0.05) is 6.42 Å². The van der Waals surface area contributed by atoms with Crippen LogP contribution in [-0.4, -0.2) is 6.43 Å². The predicted octanol–water partition coefficient (Wildman–Crippen LogP) is 4.25. The Kier molecular flexibility index (Phi) is 4.68. The Morgan fingerprint density at radius 1 is 1.15 bits per heavy atom. The summed E-state index contributed by atoms with van der Waals surface area (Å²) in [5, 5.41) is 0. The molecule has 0 N–H and O–H groups in total. The summed E-state index contributed by atoms with van der Waals surface area (Å²) in [5.41, 5.74) is 0. The zero-order valence-corrected chi connectivity index (χ0v) is 8.44. The molecule has 0 aromatic carbocycles. The van der Waals surface area contributed by atoms with Crippen molar-refractivity contribution in [3.8, 4) is 0 Å². The molecule has 0 aromatic heterocycles. The summed E-state index contributed by atoms with van der Waals surface area (Å²) in [6, 6.07) is 0. The fraction of sp³-hybridized carbons (Fsp3) is 1.00. The van der Waals surface area contributed by atoms with Crippen molar-refractivity contribution in [2.75, 3.05) is 0 Å². The van der Waals surface area contributed by atoms with E-state index in [0.29, 0.717) is 5.92 Å². The third kappa shape index (κ3) is 3.61. The van der Waals surface area contributed by atoms with Gasteiger partial charge in [0.15, 0.2) is 0 Å². The summed E-state index contributed by atoms with van der Waals surface area (Å²) < 4.78 is 24.0. The van der Waals surface area contributed by atoms with Crippen LogP contribution in [-0.2, 0) is 0 Å². The number of hydrogen-bond donors (Lipinski definition) is 0. The zero-order valence-electron chi connectivity index (χ0n) is 8.44. The van der Waals surface area contributed by atoms with E-state index in [1.807, 2.05) is 0 Å². The van der Waals surface area contributed by atoms with Crippen molar-refractivity contribution in [2.24, 2.45) is 11.8 Å². The first-order chi connectivity index (χ1) is 6.24. The van der Waals surface area contributed by atoms with Crippen LogP contribution in [0.15, 0.2) is 0 Å². The van der Waals surface area contributed by atoms with Crippen LogP contribution in [0.1, 0.15) is 51.9 Å². The number of halogens is 2. The Balaban J connectivity index is 2.24. The summed E-state index contributed by atoms with van der Waals surface area (Å²) >= 11 is 0. The van der Waals surface area contributed by atoms with Crippen LogP contribution >= 0.6 is 0 Å². The molecule has 1 atom stereocenters. The van der Waals surface area contributed by atoms with Crippen molar-refractivity contribution in [3.05, 3.63) is 0 Å². The van der Waals surface area contributed by atoms with E-state index in [-0.39, 0.29) is 6.42 Å². The van der Waals surface area contributed by atoms with Gasteiger partial charge in [-0.2, -0.15) is 0 Å². The molecule has 0 saturated heterocycles. The Bertz CT molecular complexity index is 128. The lowest BCUT2D eigenvalue weighted by Gasteiger charge is -2.21. The van der Waals surface area contributed by atoms with E-state index in [1.54, 1.807) is 0 Å². The van der Waals surface area contributed by atoms with Gasteiger partial charge in [-0.3, -0.25) is 0 Å². The largest absolute Gasteiger partial charge is 0.238 e. The molecular formula is C11H20F2. The van der Waals surface area contributed by atoms with Crippen molar-refractivity contribution in [1.29, 1.82) is 0 Å². The maximum Gasteiger partial charge on any atom is 0.238 e. The molecule has 0 nitrogen and oxygen atoms in total. The van der Waals surface area contributed by atoms with Gasteiger partial charge >= 0.3 is 0 Å².